The zero-order valence-corrected chi connectivity index (χ0v) is 19.8. The van der Waals surface area contributed by atoms with Crippen LogP contribution in [-0.4, -0.2) is 37.9 Å². The molecule has 31 heavy (non-hydrogen) atoms. The van der Waals surface area contributed by atoms with Crippen LogP contribution in [0.2, 0.25) is 0 Å². The highest BCUT2D eigenvalue weighted by Gasteiger charge is 2.22. The SMILES string of the molecule is Cc1cc(/C=N\NC(=O)CN(c2ccccc2Br)S(C)(=O)=O)c(C)n1-c1ccccc1. The molecule has 1 N–H and O–H groups in total. The normalized spacial score (nSPS) is 11.6. The number of hydrogen-bond acceptors (Lipinski definition) is 4. The number of para-hydroxylation sites is 2. The molecule has 0 fully saturated rings. The number of rotatable bonds is 7. The molecule has 0 aliphatic rings. The molecule has 1 aromatic heterocycles. The second-order valence-corrected chi connectivity index (χ2v) is 9.77. The van der Waals surface area contributed by atoms with Crippen molar-refractivity contribution in [1.29, 1.82) is 0 Å². The number of amides is 1. The monoisotopic (exact) mass is 502 g/mol. The molecule has 3 aromatic rings. The number of hydrogen-bond donors (Lipinski definition) is 1. The summed E-state index contributed by atoms with van der Waals surface area (Å²) in [6.07, 6.45) is 2.62. The summed E-state index contributed by atoms with van der Waals surface area (Å²) in [5.41, 5.74) is 6.71. The molecule has 0 aliphatic heterocycles. The largest absolute Gasteiger partial charge is 0.318 e. The lowest BCUT2D eigenvalue weighted by atomic mass is 10.2. The fourth-order valence-electron chi connectivity index (χ4n) is 3.27. The number of carbonyl (C=O) groups is 1. The summed E-state index contributed by atoms with van der Waals surface area (Å²) in [6.45, 7) is 3.58. The van der Waals surface area contributed by atoms with E-state index in [1.165, 1.54) is 0 Å². The van der Waals surface area contributed by atoms with Gasteiger partial charge in [-0.1, -0.05) is 30.3 Å². The van der Waals surface area contributed by atoms with Crippen molar-refractivity contribution in [2.75, 3.05) is 17.1 Å². The molecule has 7 nitrogen and oxygen atoms in total. The molecule has 0 bridgehead atoms. The van der Waals surface area contributed by atoms with Crippen LogP contribution in [0.15, 0.2) is 70.2 Å². The van der Waals surface area contributed by atoms with Gasteiger partial charge >= 0.3 is 0 Å². The number of sulfonamides is 1. The average molecular weight is 503 g/mol. The summed E-state index contributed by atoms with van der Waals surface area (Å²) in [6, 6.07) is 18.7. The van der Waals surface area contributed by atoms with Crippen molar-refractivity contribution in [3.05, 3.63) is 82.1 Å². The maximum absolute atomic E-state index is 12.4. The van der Waals surface area contributed by atoms with Crippen LogP contribution in [0.1, 0.15) is 17.0 Å². The number of nitrogens with one attached hydrogen (secondary N) is 1. The Morgan fingerprint density at radius 1 is 1.13 bits per heavy atom. The molecule has 0 saturated carbocycles. The third-order valence-electron chi connectivity index (χ3n) is 4.69. The molecule has 0 saturated heterocycles. The Morgan fingerprint density at radius 2 is 1.77 bits per heavy atom. The molecule has 0 radical (unpaired) electrons. The van der Waals surface area contributed by atoms with Crippen LogP contribution in [0.25, 0.3) is 5.69 Å². The first-order valence-corrected chi connectivity index (χ1v) is 12.1. The van der Waals surface area contributed by atoms with Crippen LogP contribution < -0.4 is 9.73 Å². The Bertz CT molecular complexity index is 1220. The fourth-order valence-corrected chi connectivity index (χ4v) is 4.75. The minimum absolute atomic E-state index is 0.385. The number of carbonyl (C=O) groups excluding carboxylic acids is 1. The summed E-state index contributed by atoms with van der Waals surface area (Å²) in [4.78, 5) is 12.4. The molecule has 1 heterocycles. The second kappa shape index (κ2) is 9.49. The van der Waals surface area contributed by atoms with E-state index in [0.717, 1.165) is 33.2 Å². The van der Waals surface area contributed by atoms with Crippen molar-refractivity contribution < 1.29 is 13.2 Å². The van der Waals surface area contributed by atoms with Gasteiger partial charge in [0.15, 0.2) is 0 Å². The van der Waals surface area contributed by atoms with E-state index >= 15 is 0 Å². The van der Waals surface area contributed by atoms with Crippen LogP contribution in [0.3, 0.4) is 0 Å². The molecule has 162 valence electrons. The van der Waals surface area contributed by atoms with E-state index in [0.29, 0.717) is 10.2 Å². The third-order valence-corrected chi connectivity index (χ3v) is 6.48. The first kappa shape index (κ1) is 22.8. The average Bonchev–Trinajstić information content (AvgIpc) is 3.00. The molecule has 0 unspecified atom stereocenters. The van der Waals surface area contributed by atoms with Gasteiger partial charge in [-0.15, -0.1) is 0 Å². The quantitative estimate of drug-likeness (QED) is 0.394. The van der Waals surface area contributed by atoms with Crippen molar-refractivity contribution in [3.63, 3.8) is 0 Å². The Labute approximate surface area is 190 Å². The van der Waals surface area contributed by atoms with Gasteiger partial charge in [0, 0.05) is 27.1 Å². The smallest absolute Gasteiger partial charge is 0.260 e. The lowest BCUT2D eigenvalue weighted by Gasteiger charge is -2.22. The first-order chi connectivity index (χ1) is 14.7. The number of aromatic nitrogens is 1. The van der Waals surface area contributed by atoms with Crippen LogP contribution >= 0.6 is 15.9 Å². The van der Waals surface area contributed by atoms with E-state index in [1.807, 2.05) is 50.2 Å². The van der Waals surface area contributed by atoms with E-state index in [1.54, 1.807) is 30.5 Å². The van der Waals surface area contributed by atoms with Gasteiger partial charge in [-0.05, 0) is 60.1 Å². The second-order valence-electron chi connectivity index (χ2n) is 7.01. The number of halogens is 1. The van der Waals surface area contributed by atoms with Crippen molar-refractivity contribution >= 4 is 43.8 Å². The number of nitrogens with zero attached hydrogens (tertiary/aromatic N) is 3. The van der Waals surface area contributed by atoms with Gasteiger partial charge < -0.3 is 4.57 Å². The highest BCUT2D eigenvalue weighted by molar-refractivity contribution is 9.10. The van der Waals surface area contributed by atoms with Crippen molar-refractivity contribution in [2.45, 2.75) is 13.8 Å². The Morgan fingerprint density at radius 3 is 2.42 bits per heavy atom. The number of benzene rings is 2. The lowest BCUT2D eigenvalue weighted by Crippen LogP contribution is -2.39. The molecule has 9 heteroatoms. The Kier molecular flexibility index (Phi) is 6.97. The Balaban J connectivity index is 1.74. The van der Waals surface area contributed by atoms with Crippen LogP contribution in [0.5, 0.6) is 0 Å². The van der Waals surface area contributed by atoms with E-state index < -0.39 is 15.9 Å². The number of anilines is 1. The first-order valence-electron chi connectivity index (χ1n) is 9.47. The van der Waals surface area contributed by atoms with E-state index in [9.17, 15) is 13.2 Å². The van der Waals surface area contributed by atoms with E-state index in [2.05, 4.69) is 31.0 Å². The number of aryl methyl sites for hydroxylation is 1. The minimum atomic E-state index is -3.67. The van der Waals surface area contributed by atoms with E-state index in [-0.39, 0.29) is 6.54 Å². The third kappa shape index (κ3) is 5.42. The maximum Gasteiger partial charge on any atom is 0.260 e. The van der Waals surface area contributed by atoms with Gasteiger partial charge in [-0.2, -0.15) is 5.10 Å². The molecule has 0 atom stereocenters. The molecular formula is C22H23BrN4O3S. The zero-order chi connectivity index (χ0) is 22.6. The molecule has 0 aliphatic carbocycles. The van der Waals surface area contributed by atoms with Gasteiger partial charge in [0.05, 0.1) is 18.2 Å². The summed E-state index contributed by atoms with van der Waals surface area (Å²) < 4.78 is 28.1. The van der Waals surface area contributed by atoms with Crippen LogP contribution in [-0.2, 0) is 14.8 Å². The van der Waals surface area contributed by atoms with Gasteiger partial charge in [-0.3, -0.25) is 9.10 Å². The Hall–Kier alpha value is -2.91. The summed E-state index contributed by atoms with van der Waals surface area (Å²) in [7, 11) is -3.67. The predicted molar refractivity (Wildman–Crippen MR) is 127 cm³/mol. The topological polar surface area (TPSA) is 83.8 Å². The van der Waals surface area contributed by atoms with Crippen molar-refractivity contribution in [2.24, 2.45) is 5.10 Å². The minimum Gasteiger partial charge on any atom is -0.318 e. The summed E-state index contributed by atoms with van der Waals surface area (Å²) in [5, 5.41) is 4.03. The van der Waals surface area contributed by atoms with Gasteiger partial charge in [0.2, 0.25) is 10.0 Å². The highest BCUT2D eigenvalue weighted by Crippen LogP contribution is 2.27. The summed E-state index contributed by atoms with van der Waals surface area (Å²) >= 11 is 3.33. The fraction of sp³-hybridized carbons (Fsp3) is 0.182. The summed E-state index contributed by atoms with van der Waals surface area (Å²) in [5.74, 6) is -0.547. The van der Waals surface area contributed by atoms with Gasteiger partial charge in [0.1, 0.15) is 6.54 Å². The van der Waals surface area contributed by atoms with E-state index in [4.69, 9.17) is 0 Å². The molecule has 2 aromatic carbocycles. The molecule has 0 spiro atoms. The lowest BCUT2D eigenvalue weighted by molar-refractivity contribution is -0.119. The standard InChI is InChI=1S/C22H23BrN4O3S/c1-16-13-18(17(2)27(16)19-9-5-4-6-10-19)14-24-25-22(28)15-26(31(3,29)30)21-12-8-7-11-20(21)23/h4-14H,15H2,1-3H3,(H,25,28)/b24-14-. The van der Waals surface area contributed by atoms with Crippen molar-refractivity contribution in [3.8, 4) is 5.69 Å². The number of hydrazone groups is 1. The van der Waals surface area contributed by atoms with Gasteiger partial charge in [-0.25, -0.2) is 13.8 Å². The van der Waals surface area contributed by atoms with Crippen LogP contribution in [0.4, 0.5) is 5.69 Å². The van der Waals surface area contributed by atoms with Gasteiger partial charge in [0.25, 0.3) is 5.91 Å². The van der Waals surface area contributed by atoms with Crippen LogP contribution in [0, 0.1) is 13.8 Å². The highest BCUT2D eigenvalue weighted by atomic mass is 79.9. The molecular weight excluding hydrogens is 480 g/mol. The predicted octanol–water partition coefficient (Wildman–Crippen LogP) is 3.77. The maximum atomic E-state index is 12.4. The molecule has 1 amide bonds. The van der Waals surface area contributed by atoms with Crippen molar-refractivity contribution in [1.82, 2.24) is 9.99 Å². The molecule has 3 rings (SSSR count). The zero-order valence-electron chi connectivity index (χ0n) is 17.4.